The lowest BCUT2D eigenvalue weighted by atomic mass is 9.98. The van der Waals surface area contributed by atoms with Crippen molar-refractivity contribution in [2.75, 3.05) is 0 Å². The molecule has 8 nitrogen and oxygen atoms in total. The van der Waals surface area contributed by atoms with Crippen LogP contribution in [0.25, 0.3) is 5.76 Å². The smallest absolute Gasteiger partial charge is 0.376 e. The van der Waals surface area contributed by atoms with Crippen molar-refractivity contribution in [3.8, 4) is 0 Å². The van der Waals surface area contributed by atoms with E-state index in [1.807, 2.05) is 44.2 Å². The van der Waals surface area contributed by atoms with Crippen LogP contribution in [0, 0.1) is 0 Å². The van der Waals surface area contributed by atoms with Gasteiger partial charge in [-0.2, -0.15) is 0 Å². The molecule has 0 radical (unpaired) electrons. The molecule has 2 aromatic carbocycles. The molecule has 0 unspecified atom stereocenters. The number of nitrogens with one attached hydrogen (secondary N) is 1. The quantitative estimate of drug-likeness (QED) is 0.255. The van der Waals surface area contributed by atoms with Gasteiger partial charge in [0, 0.05) is 35.9 Å². The average Bonchev–Trinajstić information content (AvgIpc) is 2.79. The number of carboxylic acid groups (broad SMARTS) is 1. The van der Waals surface area contributed by atoms with E-state index in [2.05, 4.69) is 4.98 Å². The van der Waals surface area contributed by atoms with Crippen LogP contribution >= 0.6 is 0 Å². The monoisotopic (exact) mass is 462 g/mol. The second-order valence-corrected chi connectivity index (χ2v) is 8.24. The highest BCUT2D eigenvalue weighted by Crippen LogP contribution is 2.17. The molecule has 3 rings (SSSR count). The fourth-order valence-corrected chi connectivity index (χ4v) is 3.72. The van der Waals surface area contributed by atoms with Crippen LogP contribution in [-0.4, -0.2) is 31.5 Å². The number of hydrogen-bond donors (Lipinski definition) is 3. The van der Waals surface area contributed by atoms with Crippen LogP contribution in [0.15, 0.2) is 70.3 Å². The lowest BCUT2D eigenvalue weighted by molar-refractivity contribution is -0.146. The number of rotatable bonds is 9. The van der Waals surface area contributed by atoms with Crippen molar-refractivity contribution in [1.29, 1.82) is 0 Å². The van der Waals surface area contributed by atoms with E-state index in [1.165, 1.54) is 16.7 Å². The van der Waals surface area contributed by atoms with E-state index in [4.69, 9.17) is 5.11 Å². The number of aliphatic hydroxyl groups is 1. The molecule has 0 spiro atoms. The molecule has 8 heteroatoms. The fraction of sp³-hybridized carbons (Fsp3) is 0.231. The van der Waals surface area contributed by atoms with Gasteiger partial charge in [-0.15, -0.1) is 0 Å². The second kappa shape index (κ2) is 10.6. The summed E-state index contributed by atoms with van der Waals surface area (Å²) in [6, 6.07) is 16.0. The Hall–Kier alpha value is -4.20. The maximum atomic E-state index is 13.2. The molecule has 1 heterocycles. The highest BCUT2D eigenvalue weighted by atomic mass is 16.4. The van der Waals surface area contributed by atoms with Crippen molar-refractivity contribution in [3.63, 3.8) is 0 Å². The maximum Gasteiger partial charge on any atom is 0.376 e. The predicted molar refractivity (Wildman–Crippen MR) is 128 cm³/mol. The molecule has 0 saturated heterocycles. The van der Waals surface area contributed by atoms with Gasteiger partial charge in [0.05, 0.1) is 0 Å². The molecule has 0 amide bonds. The molecular weight excluding hydrogens is 436 g/mol. The molecule has 176 valence electrons. The van der Waals surface area contributed by atoms with Gasteiger partial charge in [-0.1, -0.05) is 68.4 Å². The van der Waals surface area contributed by atoms with Gasteiger partial charge in [0.1, 0.15) is 5.76 Å². The summed E-state index contributed by atoms with van der Waals surface area (Å²) in [6.45, 7) is 4.00. The van der Waals surface area contributed by atoms with Gasteiger partial charge in [0.15, 0.2) is 0 Å². The number of carbonyl (C=O) groups is 2. The minimum absolute atomic E-state index is 0.0723. The van der Waals surface area contributed by atoms with Gasteiger partial charge < -0.3 is 15.2 Å². The van der Waals surface area contributed by atoms with Crippen molar-refractivity contribution in [1.82, 2.24) is 9.55 Å². The Morgan fingerprint density at radius 2 is 1.62 bits per heavy atom. The summed E-state index contributed by atoms with van der Waals surface area (Å²) in [5, 5.41) is 18.5. The molecule has 0 aliphatic rings. The van der Waals surface area contributed by atoms with Crippen LogP contribution in [0.2, 0.25) is 0 Å². The number of aliphatic carboxylic acids is 1. The zero-order valence-electron chi connectivity index (χ0n) is 18.9. The number of H-pyrrole nitrogens is 1. The van der Waals surface area contributed by atoms with Crippen molar-refractivity contribution in [2.24, 2.45) is 0 Å². The summed E-state index contributed by atoms with van der Waals surface area (Å²) in [7, 11) is 0. The first-order valence-corrected chi connectivity index (χ1v) is 10.8. The van der Waals surface area contributed by atoms with Crippen molar-refractivity contribution < 1.29 is 19.8 Å². The lowest BCUT2D eigenvalue weighted by Crippen LogP contribution is -2.39. The number of benzene rings is 2. The van der Waals surface area contributed by atoms with Gasteiger partial charge in [-0.3, -0.25) is 14.2 Å². The summed E-state index contributed by atoms with van der Waals surface area (Å²) in [4.78, 5) is 50.6. The van der Waals surface area contributed by atoms with Crippen molar-refractivity contribution >= 4 is 17.5 Å². The van der Waals surface area contributed by atoms with Gasteiger partial charge in [0.2, 0.25) is 0 Å². The molecular formula is C26H26N2O6. The molecule has 0 bridgehead atoms. The molecule has 0 aliphatic carbocycles. The van der Waals surface area contributed by atoms with Gasteiger partial charge in [-0.05, 0) is 23.5 Å². The molecule has 0 aliphatic heterocycles. The zero-order chi connectivity index (χ0) is 24.8. The van der Waals surface area contributed by atoms with Crippen molar-refractivity contribution in [3.05, 3.63) is 109 Å². The number of aromatic nitrogens is 2. The molecule has 0 fully saturated rings. The number of aryl methyl sites for hydroxylation is 1. The molecule has 3 aromatic rings. The van der Waals surface area contributed by atoms with Gasteiger partial charge in [-0.25, -0.2) is 9.59 Å². The number of hydrogen-bond acceptors (Lipinski definition) is 5. The summed E-state index contributed by atoms with van der Waals surface area (Å²) in [6.07, 6.45) is 1.49. The SMILES string of the molecule is CC(C)c1c(Cc2ccccc2)[nH]c(=O)n(CCc2ccc(/C(O)=C/C(=O)C(=O)O)cc2)c1=O. The number of aliphatic hydroxyl groups excluding tert-OH is 1. The van der Waals surface area contributed by atoms with E-state index < -0.39 is 23.2 Å². The summed E-state index contributed by atoms with van der Waals surface area (Å²) >= 11 is 0. The molecule has 34 heavy (non-hydrogen) atoms. The molecule has 1 aromatic heterocycles. The molecule has 3 N–H and O–H groups in total. The minimum atomic E-state index is -1.66. The lowest BCUT2D eigenvalue weighted by Gasteiger charge is -2.15. The highest BCUT2D eigenvalue weighted by molar-refractivity contribution is 6.38. The summed E-state index contributed by atoms with van der Waals surface area (Å²) in [5.74, 6) is -3.41. The van der Waals surface area contributed by atoms with Crippen LogP contribution < -0.4 is 11.2 Å². The van der Waals surface area contributed by atoms with E-state index in [-0.39, 0.29) is 23.6 Å². The summed E-state index contributed by atoms with van der Waals surface area (Å²) in [5.41, 5.74) is 2.50. The number of carboxylic acids is 1. The Kier molecular flexibility index (Phi) is 7.63. The second-order valence-electron chi connectivity index (χ2n) is 8.24. The van der Waals surface area contributed by atoms with Crippen LogP contribution in [0.3, 0.4) is 0 Å². The third-order valence-corrected chi connectivity index (χ3v) is 5.46. The van der Waals surface area contributed by atoms with E-state index >= 15 is 0 Å². The number of ketones is 1. The predicted octanol–water partition coefficient (Wildman–Crippen LogP) is 3.05. The Balaban J connectivity index is 1.81. The Labute approximate surface area is 195 Å². The normalized spacial score (nSPS) is 11.6. The average molecular weight is 463 g/mol. The molecule has 0 atom stereocenters. The van der Waals surface area contributed by atoms with E-state index in [9.17, 15) is 24.3 Å². The van der Waals surface area contributed by atoms with Crippen molar-refractivity contribution in [2.45, 2.75) is 39.2 Å². The minimum Gasteiger partial charge on any atom is -0.507 e. The van der Waals surface area contributed by atoms with E-state index in [0.29, 0.717) is 30.2 Å². The van der Waals surface area contributed by atoms with Gasteiger partial charge in [0.25, 0.3) is 11.3 Å². The highest BCUT2D eigenvalue weighted by Gasteiger charge is 2.17. The van der Waals surface area contributed by atoms with Gasteiger partial charge >= 0.3 is 11.7 Å². The number of aromatic amines is 1. The third-order valence-electron chi connectivity index (χ3n) is 5.46. The van der Waals surface area contributed by atoms with Crippen LogP contribution in [0.1, 0.15) is 47.7 Å². The number of carbonyl (C=O) groups excluding carboxylic acids is 1. The molecule has 0 saturated carbocycles. The third kappa shape index (κ3) is 5.78. The Bertz CT molecular complexity index is 1330. The Morgan fingerprint density at radius 1 is 0.971 bits per heavy atom. The van der Waals surface area contributed by atoms with Crippen LogP contribution in [0.4, 0.5) is 0 Å². The first-order valence-electron chi connectivity index (χ1n) is 10.8. The fourth-order valence-electron chi connectivity index (χ4n) is 3.72. The largest absolute Gasteiger partial charge is 0.507 e. The van der Waals surface area contributed by atoms with Crippen LogP contribution in [-0.2, 0) is 29.0 Å². The first-order chi connectivity index (χ1) is 16.2. The zero-order valence-corrected chi connectivity index (χ0v) is 18.9. The first kappa shape index (κ1) is 24.4. The Morgan fingerprint density at radius 3 is 2.21 bits per heavy atom. The summed E-state index contributed by atoms with van der Waals surface area (Å²) < 4.78 is 1.20. The maximum absolute atomic E-state index is 13.2. The van der Waals surface area contributed by atoms with Crippen LogP contribution in [0.5, 0.6) is 0 Å². The standard InChI is InChI=1S/C26H26N2O6/c1-16(2)23-20(14-18-6-4-3-5-7-18)27-26(34)28(24(23)31)13-12-17-8-10-19(11-9-17)21(29)15-22(30)25(32)33/h3-11,15-16,29H,12-14H2,1-2H3,(H,27,34)(H,32,33)/b21-15-. The van der Waals surface area contributed by atoms with E-state index in [1.54, 1.807) is 12.1 Å². The topological polar surface area (TPSA) is 129 Å². The number of nitrogens with zero attached hydrogens (tertiary/aromatic N) is 1. The van der Waals surface area contributed by atoms with E-state index in [0.717, 1.165) is 11.1 Å².